The van der Waals surface area contributed by atoms with Gasteiger partial charge >= 0.3 is 0 Å². The Hall–Kier alpha value is -0.880. The van der Waals surface area contributed by atoms with Gasteiger partial charge in [-0.15, -0.1) is 0 Å². The van der Waals surface area contributed by atoms with Crippen LogP contribution in [-0.2, 0) is 10.0 Å². The van der Waals surface area contributed by atoms with Crippen LogP contribution in [0.15, 0.2) is 12.4 Å². The Morgan fingerprint density at radius 2 is 2.33 bits per heavy atom. The molecule has 0 spiro atoms. The van der Waals surface area contributed by atoms with E-state index < -0.39 is 10.0 Å². The van der Waals surface area contributed by atoms with Gasteiger partial charge in [0.15, 0.2) is 0 Å². The van der Waals surface area contributed by atoms with E-state index >= 15 is 0 Å². The molecule has 86 valence electrons. The molecule has 0 saturated heterocycles. The average molecular weight is 231 g/mol. The van der Waals surface area contributed by atoms with E-state index in [-0.39, 0.29) is 11.8 Å². The van der Waals surface area contributed by atoms with Crippen molar-refractivity contribution in [1.29, 1.82) is 0 Å². The summed E-state index contributed by atoms with van der Waals surface area (Å²) in [6, 6.07) is -0.231. The quantitative estimate of drug-likeness (QED) is 0.772. The Labute approximate surface area is 90.3 Å². The lowest BCUT2D eigenvalue weighted by Crippen LogP contribution is -2.28. The van der Waals surface area contributed by atoms with Gasteiger partial charge in [-0.2, -0.15) is 5.10 Å². The minimum Gasteiger partial charge on any atom is -0.285 e. The van der Waals surface area contributed by atoms with Gasteiger partial charge in [0.05, 0.1) is 11.9 Å². The van der Waals surface area contributed by atoms with Gasteiger partial charge in [-0.3, -0.25) is 5.10 Å². The van der Waals surface area contributed by atoms with Crippen molar-refractivity contribution in [1.82, 2.24) is 14.9 Å². The Bertz CT molecular complexity index is 372. The SMILES string of the molecule is CCCCS(=O)(=O)NC(C)c1cn[nH]c1. The van der Waals surface area contributed by atoms with E-state index in [1.807, 2.05) is 6.92 Å². The first-order valence-corrected chi connectivity index (χ1v) is 6.69. The van der Waals surface area contributed by atoms with Crippen LogP contribution < -0.4 is 4.72 Å². The number of hydrogen-bond acceptors (Lipinski definition) is 3. The monoisotopic (exact) mass is 231 g/mol. The highest BCUT2D eigenvalue weighted by Crippen LogP contribution is 2.11. The van der Waals surface area contributed by atoms with Gasteiger partial charge in [-0.25, -0.2) is 13.1 Å². The second kappa shape index (κ2) is 5.27. The minimum absolute atomic E-state index is 0.186. The van der Waals surface area contributed by atoms with Crippen molar-refractivity contribution in [3.63, 3.8) is 0 Å². The maximum absolute atomic E-state index is 11.6. The van der Waals surface area contributed by atoms with Crippen molar-refractivity contribution in [3.8, 4) is 0 Å². The zero-order chi connectivity index (χ0) is 11.3. The lowest BCUT2D eigenvalue weighted by molar-refractivity contribution is 0.564. The van der Waals surface area contributed by atoms with Crippen LogP contribution in [-0.4, -0.2) is 24.4 Å². The Kier molecular flexibility index (Phi) is 4.28. The van der Waals surface area contributed by atoms with Crippen LogP contribution in [0.25, 0.3) is 0 Å². The van der Waals surface area contributed by atoms with Crippen LogP contribution in [0.3, 0.4) is 0 Å². The second-order valence-corrected chi connectivity index (χ2v) is 5.42. The Morgan fingerprint density at radius 1 is 1.60 bits per heavy atom. The lowest BCUT2D eigenvalue weighted by atomic mass is 10.2. The van der Waals surface area contributed by atoms with E-state index in [2.05, 4.69) is 14.9 Å². The highest BCUT2D eigenvalue weighted by atomic mass is 32.2. The molecule has 5 nitrogen and oxygen atoms in total. The molecule has 0 saturated carbocycles. The fourth-order valence-electron chi connectivity index (χ4n) is 1.23. The van der Waals surface area contributed by atoms with Crippen molar-refractivity contribution in [2.75, 3.05) is 5.75 Å². The molecule has 1 rings (SSSR count). The summed E-state index contributed by atoms with van der Waals surface area (Å²) in [5.41, 5.74) is 0.843. The number of H-pyrrole nitrogens is 1. The summed E-state index contributed by atoms with van der Waals surface area (Å²) in [6.45, 7) is 3.77. The third-order valence-corrected chi connectivity index (χ3v) is 3.68. The number of nitrogens with one attached hydrogen (secondary N) is 2. The fourth-order valence-corrected chi connectivity index (χ4v) is 2.69. The number of rotatable bonds is 6. The summed E-state index contributed by atoms with van der Waals surface area (Å²) in [7, 11) is -3.16. The highest BCUT2D eigenvalue weighted by Gasteiger charge is 2.15. The molecular weight excluding hydrogens is 214 g/mol. The number of aromatic amines is 1. The molecule has 0 aliphatic rings. The number of nitrogens with zero attached hydrogens (tertiary/aromatic N) is 1. The average Bonchev–Trinajstić information content (AvgIpc) is 2.67. The van der Waals surface area contributed by atoms with Crippen LogP contribution in [0.1, 0.15) is 38.3 Å². The molecule has 0 aliphatic heterocycles. The van der Waals surface area contributed by atoms with Crippen LogP contribution in [0, 0.1) is 0 Å². The smallest absolute Gasteiger partial charge is 0.212 e. The lowest BCUT2D eigenvalue weighted by Gasteiger charge is -2.11. The van der Waals surface area contributed by atoms with Crippen LogP contribution >= 0.6 is 0 Å². The maximum atomic E-state index is 11.6. The number of aromatic nitrogens is 2. The Balaban J connectivity index is 2.54. The largest absolute Gasteiger partial charge is 0.285 e. The molecule has 1 unspecified atom stereocenters. The van der Waals surface area contributed by atoms with Gasteiger partial charge in [-0.1, -0.05) is 13.3 Å². The first kappa shape index (κ1) is 12.2. The third kappa shape index (κ3) is 4.01. The standard InChI is InChI=1S/C9H17N3O2S/c1-3-4-5-15(13,14)12-8(2)9-6-10-11-7-9/h6-8,12H,3-5H2,1-2H3,(H,10,11). The highest BCUT2D eigenvalue weighted by molar-refractivity contribution is 7.89. The number of sulfonamides is 1. The van der Waals surface area contributed by atoms with E-state index in [0.29, 0.717) is 6.42 Å². The van der Waals surface area contributed by atoms with E-state index in [1.165, 1.54) is 0 Å². The zero-order valence-corrected chi connectivity index (χ0v) is 9.84. The topological polar surface area (TPSA) is 74.8 Å². The molecule has 0 radical (unpaired) electrons. The van der Waals surface area contributed by atoms with Crippen molar-refractivity contribution in [2.45, 2.75) is 32.7 Å². The fraction of sp³-hybridized carbons (Fsp3) is 0.667. The minimum atomic E-state index is -3.16. The summed E-state index contributed by atoms with van der Waals surface area (Å²) in [5, 5.41) is 6.43. The normalized spacial score (nSPS) is 14.0. The molecule has 0 fully saturated rings. The van der Waals surface area contributed by atoms with Gasteiger partial charge in [0.1, 0.15) is 0 Å². The van der Waals surface area contributed by atoms with E-state index in [9.17, 15) is 8.42 Å². The van der Waals surface area contributed by atoms with Gasteiger partial charge < -0.3 is 0 Å². The van der Waals surface area contributed by atoms with Gasteiger partial charge in [0, 0.05) is 17.8 Å². The molecule has 0 bridgehead atoms. The second-order valence-electron chi connectivity index (χ2n) is 3.54. The summed E-state index contributed by atoms with van der Waals surface area (Å²) in [5.74, 6) is 0.186. The molecule has 6 heteroatoms. The van der Waals surface area contributed by atoms with Gasteiger partial charge in [0.2, 0.25) is 10.0 Å². The summed E-state index contributed by atoms with van der Waals surface area (Å²) in [6.07, 6.45) is 4.87. The van der Waals surface area contributed by atoms with Crippen LogP contribution in [0.2, 0.25) is 0 Å². The first-order chi connectivity index (χ1) is 7.05. The zero-order valence-electron chi connectivity index (χ0n) is 9.03. The van der Waals surface area contributed by atoms with E-state index in [1.54, 1.807) is 19.3 Å². The summed E-state index contributed by atoms with van der Waals surface area (Å²) in [4.78, 5) is 0. The Morgan fingerprint density at radius 3 is 2.87 bits per heavy atom. The number of hydrogen-bond donors (Lipinski definition) is 2. The molecule has 1 atom stereocenters. The van der Waals surface area contributed by atoms with E-state index in [4.69, 9.17) is 0 Å². The maximum Gasteiger partial charge on any atom is 0.212 e. The molecule has 15 heavy (non-hydrogen) atoms. The van der Waals surface area contributed by atoms with Gasteiger partial charge in [0.25, 0.3) is 0 Å². The van der Waals surface area contributed by atoms with Crippen LogP contribution in [0.4, 0.5) is 0 Å². The van der Waals surface area contributed by atoms with Crippen molar-refractivity contribution in [2.24, 2.45) is 0 Å². The van der Waals surface area contributed by atoms with E-state index in [0.717, 1.165) is 12.0 Å². The molecular formula is C9H17N3O2S. The third-order valence-electron chi connectivity index (χ3n) is 2.14. The molecule has 1 heterocycles. The summed E-state index contributed by atoms with van der Waals surface area (Å²) >= 11 is 0. The molecule has 1 aromatic heterocycles. The molecule has 0 aliphatic carbocycles. The van der Waals surface area contributed by atoms with Crippen molar-refractivity contribution < 1.29 is 8.42 Å². The molecule has 0 amide bonds. The van der Waals surface area contributed by atoms with Crippen LogP contribution in [0.5, 0.6) is 0 Å². The molecule has 1 aromatic rings. The predicted octanol–water partition coefficient (Wildman–Crippen LogP) is 1.19. The van der Waals surface area contributed by atoms with Crippen molar-refractivity contribution in [3.05, 3.63) is 18.0 Å². The first-order valence-electron chi connectivity index (χ1n) is 5.04. The number of unbranched alkanes of at least 4 members (excludes halogenated alkanes) is 1. The van der Waals surface area contributed by atoms with Gasteiger partial charge in [-0.05, 0) is 13.3 Å². The van der Waals surface area contributed by atoms with Crippen molar-refractivity contribution >= 4 is 10.0 Å². The molecule has 2 N–H and O–H groups in total. The molecule has 0 aromatic carbocycles. The summed E-state index contributed by atoms with van der Waals surface area (Å²) < 4.78 is 25.7. The predicted molar refractivity (Wildman–Crippen MR) is 58.8 cm³/mol.